The van der Waals surface area contributed by atoms with E-state index >= 15 is 0 Å². The average Bonchev–Trinajstić information content (AvgIpc) is 2.99. The van der Waals surface area contributed by atoms with E-state index in [0.29, 0.717) is 18.2 Å². The summed E-state index contributed by atoms with van der Waals surface area (Å²) >= 11 is 0. The lowest BCUT2D eigenvalue weighted by Crippen LogP contribution is -2.31. The number of hydrogen-bond acceptors (Lipinski definition) is 3. The normalized spacial score (nSPS) is 15.2. The first-order chi connectivity index (χ1) is 9.31. The maximum Gasteiger partial charge on any atom is 0.287 e. The molecule has 0 bridgehead atoms. The van der Waals surface area contributed by atoms with Crippen molar-refractivity contribution in [3.05, 3.63) is 42.1 Å². The minimum absolute atomic E-state index is 0.126. The van der Waals surface area contributed by atoms with E-state index in [0.717, 1.165) is 12.3 Å². The van der Waals surface area contributed by atoms with Crippen LogP contribution in [0.4, 0.5) is 0 Å². The van der Waals surface area contributed by atoms with Gasteiger partial charge in [-0.3, -0.25) is 9.48 Å². The highest BCUT2D eigenvalue weighted by atomic mass is 16.4. The molecule has 2 aromatic rings. The van der Waals surface area contributed by atoms with Gasteiger partial charge >= 0.3 is 0 Å². The van der Waals surface area contributed by atoms with Gasteiger partial charge in [-0.1, -0.05) is 6.42 Å². The number of nitrogens with zero attached hydrogens (tertiary/aromatic N) is 2. The molecule has 0 aliphatic heterocycles. The lowest BCUT2D eigenvalue weighted by Gasteiger charge is -2.25. The molecule has 1 aliphatic rings. The zero-order valence-corrected chi connectivity index (χ0v) is 10.7. The third-order valence-electron chi connectivity index (χ3n) is 3.54. The Morgan fingerprint density at radius 1 is 1.47 bits per heavy atom. The standard InChI is InChI=1S/C14H17N3O2/c18-14(15-9-11-3-1-4-11)13-6-5-12(19-13)10-17-8-2-7-16-17/h2,5-8,11H,1,3-4,9-10H2,(H,15,18). The minimum Gasteiger partial charge on any atom is -0.454 e. The Bertz CT molecular complexity index is 541. The molecule has 1 N–H and O–H groups in total. The SMILES string of the molecule is O=C(NCC1CCC1)c1ccc(Cn2cccn2)o1. The summed E-state index contributed by atoms with van der Waals surface area (Å²) in [7, 11) is 0. The second kappa shape index (κ2) is 5.30. The number of hydrogen-bond donors (Lipinski definition) is 1. The van der Waals surface area contributed by atoms with E-state index in [9.17, 15) is 4.79 Å². The van der Waals surface area contributed by atoms with Crippen LogP contribution in [0.3, 0.4) is 0 Å². The van der Waals surface area contributed by atoms with Gasteiger partial charge in [0.25, 0.3) is 5.91 Å². The third-order valence-corrected chi connectivity index (χ3v) is 3.54. The second-order valence-electron chi connectivity index (χ2n) is 4.98. The molecule has 0 atom stereocenters. The predicted molar refractivity (Wildman–Crippen MR) is 69.7 cm³/mol. The molecule has 3 rings (SSSR count). The van der Waals surface area contributed by atoms with Crippen LogP contribution in [0.1, 0.15) is 35.6 Å². The van der Waals surface area contributed by atoms with E-state index in [1.807, 2.05) is 18.3 Å². The van der Waals surface area contributed by atoms with Crippen LogP contribution in [0.25, 0.3) is 0 Å². The van der Waals surface area contributed by atoms with Crippen molar-refractivity contribution >= 4 is 5.91 Å². The molecule has 1 amide bonds. The quantitative estimate of drug-likeness (QED) is 0.894. The van der Waals surface area contributed by atoms with Crippen molar-refractivity contribution in [1.82, 2.24) is 15.1 Å². The van der Waals surface area contributed by atoms with E-state index in [-0.39, 0.29) is 5.91 Å². The van der Waals surface area contributed by atoms with Crippen LogP contribution in [-0.2, 0) is 6.54 Å². The van der Waals surface area contributed by atoms with Gasteiger partial charge in [0.1, 0.15) is 5.76 Å². The molecule has 19 heavy (non-hydrogen) atoms. The molecule has 0 aromatic carbocycles. The summed E-state index contributed by atoms with van der Waals surface area (Å²) in [5.41, 5.74) is 0. The van der Waals surface area contributed by atoms with Crippen LogP contribution >= 0.6 is 0 Å². The topological polar surface area (TPSA) is 60.1 Å². The number of aromatic nitrogens is 2. The maximum atomic E-state index is 11.9. The van der Waals surface area contributed by atoms with E-state index < -0.39 is 0 Å². The van der Waals surface area contributed by atoms with Gasteiger partial charge in [0.05, 0.1) is 6.54 Å². The predicted octanol–water partition coefficient (Wildman–Crippen LogP) is 2.05. The summed E-state index contributed by atoms with van der Waals surface area (Å²) in [5, 5.41) is 7.02. The van der Waals surface area contributed by atoms with Gasteiger partial charge in [-0.05, 0) is 37.0 Å². The Kier molecular flexibility index (Phi) is 3.35. The van der Waals surface area contributed by atoms with Crippen LogP contribution in [0.5, 0.6) is 0 Å². The summed E-state index contributed by atoms with van der Waals surface area (Å²) < 4.78 is 7.29. The Balaban J connectivity index is 1.55. The number of rotatable bonds is 5. The van der Waals surface area contributed by atoms with Crippen molar-refractivity contribution in [1.29, 1.82) is 0 Å². The van der Waals surface area contributed by atoms with Crippen LogP contribution in [0, 0.1) is 5.92 Å². The summed E-state index contributed by atoms with van der Waals surface area (Å²) in [4.78, 5) is 11.9. The average molecular weight is 259 g/mol. The van der Waals surface area contributed by atoms with Gasteiger partial charge in [0.2, 0.25) is 0 Å². The van der Waals surface area contributed by atoms with Gasteiger partial charge in [0.15, 0.2) is 5.76 Å². The Morgan fingerprint density at radius 3 is 3.05 bits per heavy atom. The van der Waals surface area contributed by atoms with Crippen molar-refractivity contribution in [3.8, 4) is 0 Å². The van der Waals surface area contributed by atoms with Crippen molar-refractivity contribution in [3.63, 3.8) is 0 Å². The molecule has 0 spiro atoms. The summed E-state index contributed by atoms with van der Waals surface area (Å²) in [5.74, 6) is 1.64. The molecule has 2 heterocycles. The van der Waals surface area contributed by atoms with Gasteiger partial charge < -0.3 is 9.73 Å². The van der Waals surface area contributed by atoms with Crippen molar-refractivity contribution in [2.24, 2.45) is 5.92 Å². The molecule has 0 saturated heterocycles. The Labute approximate surface area is 111 Å². The molecular weight excluding hydrogens is 242 g/mol. The maximum absolute atomic E-state index is 11.9. The van der Waals surface area contributed by atoms with Gasteiger partial charge in [-0.25, -0.2) is 0 Å². The minimum atomic E-state index is -0.126. The fourth-order valence-electron chi connectivity index (χ4n) is 2.16. The first kappa shape index (κ1) is 12.0. The van der Waals surface area contributed by atoms with Crippen molar-refractivity contribution < 1.29 is 9.21 Å². The highest BCUT2D eigenvalue weighted by Crippen LogP contribution is 2.25. The summed E-state index contributed by atoms with van der Waals surface area (Å²) in [6.07, 6.45) is 7.31. The lowest BCUT2D eigenvalue weighted by atomic mass is 9.85. The second-order valence-corrected chi connectivity index (χ2v) is 4.98. The van der Waals surface area contributed by atoms with Crippen LogP contribution in [0.15, 0.2) is 35.0 Å². The van der Waals surface area contributed by atoms with Crippen molar-refractivity contribution in [2.45, 2.75) is 25.8 Å². The van der Waals surface area contributed by atoms with Gasteiger partial charge in [-0.15, -0.1) is 0 Å². The molecule has 1 aliphatic carbocycles. The number of carbonyl (C=O) groups is 1. The molecule has 1 fully saturated rings. The molecule has 5 heteroatoms. The van der Waals surface area contributed by atoms with Gasteiger partial charge in [0, 0.05) is 18.9 Å². The highest BCUT2D eigenvalue weighted by molar-refractivity contribution is 5.91. The Morgan fingerprint density at radius 2 is 2.37 bits per heavy atom. The molecule has 5 nitrogen and oxygen atoms in total. The highest BCUT2D eigenvalue weighted by Gasteiger charge is 2.19. The van der Waals surface area contributed by atoms with E-state index in [1.165, 1.54) is 19.3 Å². The summed E-state index contributed by atoms with van der Waals surface area (Å²) in [6, 6.07) is 5.39. The number of nitrogens with one attached hydrogen (secondary N) is 1. The monoisotopic (exact) mass is 259 g/mol. The molecular formula is C14H17N3O2. The summed E-state index contributed by atoms with van der Waals surface area (Å²) in [6.45, 7) is 1.30. The van der Waals surface area contributed by atoms with Crippen LogP contribution in [0.2, 0.25) is 0 Å². The number of carbonyl (C=O) groups excluding carboxylic acids is 1. The van der Waals surface area contributed by atoms with Crippen LogP contribution < -0.4 is 5.32 Å². The van der Waals surface area contributed by atoms with Crippen molar-refractivity contribution in [2.75, 3.05) is 6.54 Å². The Hall–Kier alpha value is -2.04. The van der Waals surface area contributed by atoms with E-state index in [4.69, 9.17) is 4.42 Å². The number of amides is 1. The lowest BCUT2D eigenvalue weighted by molar-refractivity contribution is 0.0909. The smallest absolute Gasteiger partial charge is 0.287 e. The molecule has 100 valence electrons. The molecule has 0 radical (unpaired) electrons. The van der Waals surface area contributed by atoms with Crippen LogP contribution in [-0.4, -0.2) is 22.2 Å². The third kappa shape index (κ3) is 2.86. The number of furan rings is 1. The fourth-order valence-corrected chi connectivity index (χ4v) is 2.16. The van der Waals surface area contributed by atoms with E-state index in [2.05, 4.69) is 10.4 Å². The van der Waals surface area contributed by atoms with Gasteiger partial charge in [-0.2, -0.15) is 5.10 Å². The first-order valence-electron chi connectivity index (χ1n) is 6.65. The van der Waals surface area contributed by atoms with E-state index in [1.54, 1.807) is 16.9 Å². The zero-order valence-electron chi connectivity index (χ0n) is 10.7. The zero-order chi connectivity index (χ0) is 13.1. The molecule has 1 saturated carbocycles. The molecule has 2 aromatic heterocycles. The first-order valence-corrected chi connectivity index (χ1v) is 6.65. The largest absolute Gasteiger partial charge is 0.454 e. The fraction of sp³-hybridized carbons (Fsp3) is 0.429. The molecule has 0 unspecified atom stereocenters.